The molecule has 10 heteroatoms. The Bertz CT molecular complexity index is 1340. The van der Waals surface area contributed by atoms with Crippen LogP contribution in [-0.2, 0) is 5.54 Å². The molecule has 0 spiro atoms. The zero-order valence-electron chi connectivity index (χ0n) is 21.1. The summed E-state index contributed by atoms with van der Waals surface area (Å²) in [7, 11) is 0. The first-order valence-corrected chi connectivity index (χ1v) is 13.6. The normalized spacial score (nSPS) is 22.2. The van der Waals surface area contributed by atoms with Crippen LogP contribution < -0.4 is 20.7 Å². The van der Waals surface area contributed by atoms with E-state index < -0.39 is 5.54 Å². The van der Waals surface area contributed by atoms with Crippen molar-refractivity contribution >= 4 is 29.4 Å². The Kier molecular flexibility index (Phi) is 7.04. The van der Waals surface area contributed by atoms with Crippen molar-refractivity contribution in [3.8, 4) is 5.75 Å². The minimum absolute atomic E-state index is 0.148. The number of carbonyl (C=O) groups excluding carboxylic acids is 1. The number of aliphatic imine (C=N–C) groups is 1. The van der Waals surface area contributed by atoms with Gasteiger partial charge < -0.3 is 25.1 Å². The van der Waals surface area contributed by atoms with Gasteiger partial charge in [-0.05, 0) is 69.3 Å². The van der Waals surface area contributed by atoms with Crippen LogP contribution in [0.4, 0.5) is 5.69 Å². The molecule has 1 saturated heterocycles. The molecular formula is C28H31ClN6O3. The van der Waals surface area contributed by atoms with Gasteiger partial charge in [-0.3, -0.25) is 9.79 Å². The smallest absolute Gasteiger partial charge is 0.251 e. The number of rotatable bonds is 6. The molecule has 3 N–H and O–H groups in total. The second-order valence-corrected chi connectivity index (χ2v) is 10.5. The minimum atomic E-state index is -0.509. The van der Waals surface area contributed by atoms with Crippen LogP contribution in [0.15, 0.2) is 51.9 Å². The number of benzene rings is 2. The standard InChI is InChI=1S/C28H31ClN6O3/c29-22-6-2-5-21-23(9-16-37-24(21)22)32-25(36)19-3-1-4-20(17-19)33-28(10-14-31-15-11-28)27-35-34-26(38-27)18-7-12-30-13-8-18/h1-6,12,17-18,23,31,33H,7-11,13-16H2,(H,32,36)/t18?,23-/m0/s1. The van der Waals surface area contributed by atoms with Crippen molar-refractivity contribution in [2.75, 3.05) is 31.6 Å². The summed E-state index contributed by atoms with van der Waals surface area (Å²) in [6.07, 6.45) is 5.94. The molecule has 0 saturated carbocycles. The van der Waals surface area contributed by atoms with Gasteiger partial charge in [0.05, 0.1) is 17.7 Å². The highest BCUT2D eigenvalue weighted by atomic mass is 35.5. The van der Waals surface area contributed by atoms with Crippen LogP contribution in [0.1, 0.15) is 71.8 Å². The van der Waals surface area contributed by atoms with E-state index in [4.69, 9.17) is 20.8 Å². The SMILES string of the molecule is O=C(N[C@H]1CCOc2c(Cl)cccc21)c1cccc(NC2(c3nnc(C4CC=NCC4)o3)CCNCC2)c1. The highest BCUT2D eigenvalue weighted by Crippen LogP contribution is 2.38. The lowest BCUT2D eigenvalue weighted by Gasteiger charge is -2.36. The van der Waals surface area contributed by atoms with Crippen LogP contribution >= 0.6 is 11.6 Å². The summed E-state index contributed by atoms with van der Waals surface area (Å²) in [4.78, 5) is 17.6. The molecule has 6 rings (SSSR count). The van der Waals surface area contributed by atoms with Crippen molar-refractivity contribution in [3.05, 3.63) is 70.4 Å². The maximum Gasteiger partial charge on any atom is 0.251 e. The first-order chi connectivity index (χ1) is 18.6. The number of ether oxygens (including phenoxy) is 1. The molecule has 0 aliphatic carbocycles. The highest BCUT2D eigenvalue weighted by molar-refractivity contribution is 6.32. The highest BCUT2D eigenvalue weighted by Gasteiger charge is 2.40. The van der Waals surface area contributed by atoms with Gasteiger partial charge in [0.2, 0.25) is 11.8 Å². The van der Waals surface area contributed by atoms with Crippen molar-refractivity contribution in [3.63, 3.8) is 0 Å². The Hall–Kier alpha value is -3.43. The lowest BCUT2D eigenvalue weighted by molar-refractivity contribution is 0.0925. The van der Waals surface area contributed by atoms with Crippen molar-refractivity contribution in [1.82, 2.24) is 20.8 Å². The van der Waals surface area contributed by atoms with Crippen LogP contribution in [-0.4, -0.2) is 48.6 Å². The van der Waals surface area contributed by atoms with Gasteiger partial charge in [0, 0.05) is 35.7 Å². The predicted molar refractivity (Wildman–Crippen MR) is 145 cm³/mol. The number of halogens is 1. The molecule has 3 aliphatic heterocycles. The molecule has 38 heavy (non-hydrogen) atoms. The van der Waals surface area contributed by atoms with Gasteiger partial charge in [-0.25, -0.2) is 0 Å². The third kappa shape index (κ3) is 5.00. The Morgan fingerprint density at radius 2 is 1.97 bits per heavy atom. The number of carbonyl (C=O) groups is 1. The van der Waals surface area contributed by atoms with E-state index in [9.17, 15) is 4.79 Å². The van der Waals surface area contributed by atoms with Gasteiger partial charge in [0.1, 0.15) is 11.3 Å². The molecule has 1 amide bonds. The number of amides is 1. The summed E-state index contributed by atoms with van der Waals surface area (Å²) >= 11 is 6.31. The first-order valence-electron chi connectivity index (χ1n) is 13.2. The molecule has 3 aromatic rings. The summed E-state index contributed by atoms with van der Waals surface area (Å²) in [5.41, 5.74) is 1.79. The predicted octanol–water partition coefficient (Wildman–Crippen LogP) is 4.62. The van der Waals surface area contributed by atoms with Gasteiger partial charge >= 0.3 is 0 Å². The van der Waals surface area contributed by atoms with E-state index in [0.29, 0.717) is 41.1 Å². The number of fused-ring (bicyclic) bond motifs is 1. The third-order valence-electron chi connectivity index (χ3n) is 7.62. The molecule has 4 heterocycles. The monoisotopic (exact) mass is 534 g/mol. The maximum atomic E-state index is 13.3. The van der Waals surface area contributed by atoms with Crippen LogP contribution in [0.3, 0.4) is 0 Å². The fraction of sp³-hybridized carbons (Fsp3) is 0.429. The minimum Gasteiger partial charge on any atom is -0.492 e. The van der Waals surface area contributed by atoms with E-state index in [0.717, 1.165) is 56.6 Å². The molecule has 1 fully saturated rings. The van der Waals surface area contributed by atoms with E-state index in [2.05, 4.69) is 31.1 Å². The van der Waals surface area contributed by atoms with Gasteiger partial charge in [-0.2, -0.15) is 0 Å². The number of aromatic nitrogens is 2. The Morgan fingerprint density at radius 1 is 1.11 bits per heavy atom. The van der Waals surface area contributed by atoms with E-state index in [1.807, 2.05) is 42.6 Å². The molecule has 0 bridgehead atoms. The first kappa shape index (κ1) is 24.9. The fourth-order valence-electron chi connectivity index (χ4n) is 5.50. The second kappa shape index (κ2) is 10.7. The van der Waals surface area contributed by atoms with Gasteiger partial charge in [-0.15, -0.1) is 10.2 Å². The molecule has 9 nitrogen and oxygen atoms in total. The summed E-state index contributed by atoms with van der Waals surface area (Å²) in [6.45, 7) is 2.94. The van der Waals surface area contributed by atoms with Crippen molar-refractivity contribution in [2.45, 2.75) is 49.6 Å². The summed E-state index contributed by atoms with van der Waals surface area (Å²) in [5.74, 6) is 1.99. The summed E-state index contributed by atoms with van der Waals surface area (Å²) in [6, 6.07) is 13.0. The third-order valence-corrected chi connectivity index (χ3v) is 7.92. The number of hydrogen-bond donors (Lipinski definition) is 3. The number of nitrogens with zero attached hydrogens (tertiary/aromatic N) is 3. The average molecular weight is 535 g/mol. The Morgan fingerprint density at radius 3 is 2.82 bits per heavy atom. The van der Waals surface area contributed by atoms with Crippen LogP contribution in [0.2, 0.25) is 5.02 Å². The summed E-state index contributed by atoms with van der Waals surface area (Å²) < 4.78 is 12.0. The number of nitrogens with one attached hydrogen (secondary N) is 3. The summed E-state index contributed by atoms with van der Waals surface area (Å²) in [5, 5.41) is 19.7. The number of para-hydroxylation sites is 1. The molecule has 3 aliphatic rings. The molecule has 198 valence electrons. The van der Waals surface area contributed by atoms with Crippen molar-refractivity contribution < 1.29 is 13.9 Å². The van der Waals surface area contributed by atoms with Crippen molar-refractivity contribution in [2.24, 2.45) is 4.99 Å². The maximum absolute atomic E-state index is 13.3. The van der Waals surface area contributed by atoms with E-state index in [-0.39, 0.29) is 17.9 Å². The molecular weight excluding hydrogens is 504 g/mol. The van der Waals surface area contributed by atoms with Gasteiger partial charge in [0.15, 0.2) is 0 Å². The number of hydrogen-bond acceptors (Lipinski definition) is 8. The Balaban J connectivity index is 1.21. The molecule has 1 unspecified atom stereocenters. The average Bonchev–Trinajstić information content (AvgIpc) is 3.46. The molecule has 2 atom stereocenters. The number of anilines is 1. The molecule has 2 aromatic carbocycles. The molecule has 0 radical (unpaired) electrons. The molecule has 1 aromatic heterocycles. The van der Waals surface area contributed by atoms with Gasteiger partial charge in [-0.1, -0.05) is 29.8 Å². The second-order valence-electron chi connectivity index (χ2n) is 10.1. The number of piperidine rings is 1. The van der Waals surface area contributed by atoms with Crippen LogP contribution in [0, 0.1) is 0 Å². The quantitative estimate of drug-likeness (QED) is 0.423. The van der Waals surface area contributed by atoms with Crippen LogP contribution in [0.5, 0.6) is 5.75 Å². The fourth-order valence-corrected chi connectivity index (χ4v) is 5.73. The Labute approximate surface area is 226 Å². The van der Waals surface area contributed by atoms with E-state index >= 15 is 0 Å². The topological polar surface area (TPSA) is 114 Å². The van der Waals surface area contributed by atoms with Gasteiger partial charge in [0.25, 0.3) is 5.91 Å². The van der Waals surface area contributed by atoms with E-state index in [1.54, 1.807) is 6.07 Å². The zero-order chi connectivity index (χ0) is 26.0. The van der Waals surface area contributed by atoms with E-state index in [1.165, 1.54) is 0 Å². The largest absolute Gasteiger partial charge is 0.492 e. The lowest BCUT2D eigenvalue weighted by atomic mass is 9.87. The van der Waals surface area contributed by atoms with Crippen molar-refractivity contribution in [1.29, 1.82) is 0 Å². The zero-order valence-corrected chi connectivity index (χ0v) is 21.8. The lowest BCUT2D eigenvalue weighted by Crippen LogP contribution is -2.45. The van der Waals surface area contributed by atoms with Crippen LogP contribution in [0.25, 0.3) is 0 Å².